The standard InChI is InChI=1S/C13H10O.CHF3O3S/c1-3-7-12-10(5-1)9-11-6-2-4-8-13(11)14-12;2-1(3,4)8(5,6)7/h1-8H,9H2;(H,5,6,7). The zero-order chi connectivity index (χ0) is 16.4. The van der Waals surface area contributed by atoms with Gasteiger partial charge in [0.2, 0.25) is 0 Å². The summed E-state index contributed by atoms with van der Waals surface area (Å²) in [6.07, 6.45) is 0.979. The highest BCUT2D eigenvalue weighted by Gasteiger charge is 2.44. The summed E-state index contributed by atoms with van der Waals surface area (Å²) < 4.78 is 63.3. The second-order valence-electron chi connectivity index (χ2n) is 4.42. The Kier molecular flexibility index (Phi) is 4.43. The van der Waals surface area contributed by atoms with Crippen LogP contribution in [-0.2, 0) is 16.5 Å². The van der Waals surface area contributed by atoms with Crippen molar-refractivity contribution in [3.8, 4) is 11.5 Å². The van der Waals surface area contributed by atoms with Gasteiger partial charge in [0.25, 0.3) is 0 Å². The summed E-state index contributed by atoms with van der Waals surface area (Å²) in [5.41, 5.74) is -3.00. The number of rotatable bonds is 0. The first-order chi connectivity index (χ1) is 10.2. The van der Waals surface area contributed by atoms with Crippen LogP contribution in [0.2, 0.25) is 0 Å². The first kappa shape index (κ1) is 16.3. The van der Waals surface area contributed by atoms with E-state index >= 15 is 0 Å². The van der Waals surface area contributed by atoms with Crippen molar-refractivity contribution < 1.29 is 30.9 Å². The van der Waals surface area contributed by atoms with Crippen LogP contribution in [0.5, 0.6) is 11.5 Å². The highest BCUT2D eigenvalue weighted by Crippen LogP contribution is 2.35. The average molecular weight is 332 g/mol. The zero-order valence-electron chi connectivity index (χ0n) is 11.0. The van der Waals surface area contributed by atoms with Gasteiger partial charge in [-0.25, -0.2) is 0 Å². The summed E-state index contributed by atoms with van der Waals surface area (Å²) in [5.74, 6) is 1.98. The van der Waals surface area contributed by atoms with E-state index in [0.29, 0.717) is 0 Å². The number of benzene rings is 2. The molecule has 1 heterocycles. The molecule has 0 bridgehead atoms. The van der Waals surface area contributed by atoms with Crippen molar-refractivity contribution in [2.45, 2.75) is 11.9 Å². The molecule has 22 heavy (non-hydrogen) atoms. The van der Waals surface area contributed by atoms with E-state index < -0.39 is 15.6 Å². The fourth-order valence-electron chi connectivity index (χ4n) is 1.82. The van der Waals surface area contributed by atoms with Gasteiger partial charge in [-0.3, -0.25) is 4.55 Å². The quantitative estimate of drug-likeness (QED) is 0.503. The number of hydrogen-bond acceptors (Lipinski definition) is 3. The van der Waals surface area contributed by atoms with Crippen molar-refractivity contribution in [1.82, 2.24) is 0 Å². The predicted molar refractivity (Wildman–Crippen MR) is 73.4 cm³/mol. The van der Waals surface area contributed by atoms with Gasteiger partial charge >= 0.3 is 15.6 Å². The maximum Gasteiger partial charge on any atom is 0.522 e. The zero-order valence-corrected chi connectivity index (χ0v) is 11.9. The SMILES string of the molecule is O=S(=O)(O)C(F)(F)F.c1ccc2c(c1)Cc1ccccc1O2. The van der Waals surface area contributed by atoms with Crippen molar-refractivity contribution in [3.63, 3.8) is 0 Å². The Hall–Kier alpha value is -2.06. The Morgan fingerprint density at radius 1 is 0.909 bits per heavy atom. The molecule has 4 nitrogen and oxygen atoms in total. The summed E-state index contributed by atoms with van der Waals surface area (Å²) in [6.45, 7) is 0. The molecule has 0 unspecified atom stereocenters. The maximum absolute atomic E-state index is 10.7. The number of halogens is 3. The summed E-state index contributed by atoms with van der Waals surface area (Å²) in [7, 11) is -5.84. The molecule has 118 valence electrons. The lowest BCUT2D eigenvalue weighted by molar-refractivity contribution is -0.0510. The molecule has 0 aliphatic carbocycles. The largest absolute Gasteiger partial charge is 0.522 e. The summed E-state index contributed by atoms with van der Waals surface area (Å²) in [4.78, 5) is 0. The minimum atomic E-state index is -5.84. The van der Waals surface area contributed by atoms with Crippen LogP contribution in [0, 0.1) is 0 Å². The van der Waals surface area contributed by atoms with E-state index in [2.05, 4.69) is 24.3 Å². The lowest BCUT2D eigenvalue weighted by Gasteiger charge is -2.19. The molecule has 8 heteroatoms. The molecule has 1 aliphatic rings. The van der Waals surface area contributed by atoms with Crippen LogP contribution < -0.4 is 4.74 Å². The second kappa shape index (κ2) is 5.98. The van der Waals surface area contributed by atoms with Crippen molar-refractivity contribution in [2.24, 2.45) is 0 Å². The van der Waals surface area contributed by atoms with Crippen LogP contribution >= 0.6 is 0 Å². The molecule has 0 spiro atoms. The smallest absolute Gasteiger partial charge is 0.457 e. The van der Waals surface area contributed by atoms with Gasteiger partial charge < -0.3 is 4.74 Å². The number of ether oxygens (including phenoxy) is 1. The average Bonchev–Trinajstić information content (AvgIpc) is 2.43. The maximum atomic E-state index is 10.7. The number of para-hydroxylation sites is 2. The first-order valence-corrected chi connectivity index (χ1v) is 7.50. The number of alkyl halides is 3. The molecule has 0 amide bonds. The molecule has 2 aromatic rings. The molecule has 3 rings (SSSR count). The molecule has 0 saturated heterocycles. The Morgan fingerprint density at radius 3 is 1.64 bits per heavy atom. The van der Waals surface area contributed by atoms with Crippen LogP contribution in [0.3, 0.4) is 0 Å². The lowest BCUT2D eigenvalue weighted by atomic mass is 10.0. The van der Waals surface area contributed by atoms with Crippen LogP contribution in [0.25, 0.3) is 0 Å². The van der Waals surface area contributed by atoms with E-state index in [1.165, 1.54) is 11.1 Å². The first-order valence-electron chi connectivity index (χ1n) is 6.06. The van der Waals surface area contributed by atoms with Crippen molar-refractivity contribution in [2.75, 3.05) is 0 Å². The molecule has 1 N–H and O–H groups in total. The van der Waals surface area contributed by atoms with Crippen LogP contribution in [0.1, 0.15) is 11.1 Å². The third kappa shape index (κ3) is 3.77. The topological polar surface area (TPSA) is 63.6 Å². The van der Waals surface area contributed by atoms with Gasteiger partial charge in [-0.15, -0.1) is 0 Å². The Bertz CT molecular complexity index is 682. The van der Waals surface area contributed by atoms with E-state index in [1.807, 2.05) is 24.3 Å². The number of hydrogen-bond donors (Lipinski definition) is 1. The van der Waals surface area contributed by atoms with E-state index in [1.54, 1.807) is 0 Å². The van der Waals surface area contributed by atoms with E-state index in [4.69, 9.17) is 17.7 Å². The van der Waals surface area contributed by atoms with Crippen LogP contribution in [0.15, 0.2) is 48.5 Å². The van der Waals surface area contributed by atoms with Crippen molar-refractivity contribution in [1.29, 1.82) is 0 Å². The van der Waals surface area contributed by atoms with Gasteiger partial charge in [0.05, 0.1) is 0 Å². The summed E-state index contributed by atoms with van der Waals surface area (Å²) in [5, 5.41) is 0. The fourth-order valence-corrected chi connectivity index (χ4v) is 1.82. The minimum Gasteiger partial charge on any atom is -0.457 e. The molecule has 1 aliphatic heterocycles. The number of fused-ring (bicyclic) bond motifs is 2. The van der Waals surface area contributed by atoms with Crippen molar-refractivity contribution >= 4 is 10.1 Å². The molecule has 0 radical (unpaired) electrons. The van der Waals surface area contributed by atoms with E-state index in [-0.39, 0.29) is 0 Å². The monoisotopic (exact) mass is 332 g/mol. The highest BCUT2D eigenvalue weighted by atomic mass is 32.2. The molecule has 0 fully saturated rings. The fraction of sp³-hybridized carbons (Fsp3) is 0.143. The van der Waals surface area contributed by atoms with Gasteiger partial charge in [-0.2, -0.15) is 21.6 Å². The Labute approximate surface area is 124 Å². The van der Waals surface area contributed by atoms with Gasteiger partial charge in [-0.1, -0.05) is 36.4 Å². The second-order valence-corrected chi connectivity index (χ2v) is 5.83. The molecular formula is C14H11F3O4S. The Balaban J connectivity index is 0.000000192. The molecule has 0 atom stereocenters. The van der Waals surface area contributed by atoms with Gasteiger partial charge in [0.1, 0.15) is 11.5 Å². The molecular weight excluding hydrogens is 321 g/mol. The normalized spacial score (nSPS) is 13.1. The Morgan fingerprint density at radius 2 is 1.27 bits per heavy atom. The third-order valence-corrected chi connectivity index (χ3v) is 3.42. The summed E-state index contributed by atoms with van der Waals surface area (Å²) >= 11 is 0. The van der Waals surface area contributed by atoms with E-state index in [0.717, 1.165) is 17.9 Å². The van der Waals surface area contributed by atoms with Gasteiger partial charge in [0.15, 0.2) is 0 Å². The van der Waals surface area contributed by atoms with Crippen molar-refractivity contribution in [3.05, 3.63) is 59.7 Å². The van der Waals surface area contributed by atoms with Gasteiger partial charge in [0, 0.05) is 6.42 Å². The molecule has 0 aromatic heterocycles. The third-order valence-electron chi connectivity index (χ3n) is 2.84. The van der Waals surface area contributed by atoms with Gasteiger partial charge in [-0.05, 0) is 23.3 Å². The minimum absolute atomic E-state index is 0.979. The van der Waals surface area contributed by atoms with Crippen LogP contribution in [0.4, 0.5) is 13.2 Å². The molecule has 0 saturated carbocycles. The lowest BCUT2D eigenvalue weighted by Crippen LogP contribution is -2.21. The predicted octanol–water partition coefficient (Wildman–Crippen LogP) is 3.78. The molecule has 2 aromatic carbocycles. The van der Waals surface area contributed by atoms with Crippen LogP contribution in [-0.4, -0.2) is 18.5 Å². The van der Waals surface area contributed by atoms with E-state index in [9.17, 15) is 13.2 Å². The summed E-state index contributed by atoms with van der Waals surface area (Å²) in [6, 6.07) is 16.4. The highest BCUT2D eigenvalue weighted by molar-refractivity contribution is 7.86.